The molecule has 0 saturated carbocycles. The number of esters is 3. The zero-order valence-corrected chi connectivity index (χ0v) is 54.8. The summed E-state index contributed by atoms with van der Waals surface area (Å²) in [5.74, 6) is -0.879. The Morgan fingerprint density at radius 1 is 0.256 bits per heavy atom. The summed E-state index contributed by atoms with van der Waals surface area (Å²) in [5.41, 5.74) is 0. The van der Waals surface area contributed by atoms with E-state index in [-0.39, 0.29) is 31.1 Å². The molecule has 6 heteroatoms. The summed E-state index contributed by atoms with van der Waals surface area (Å²) in [6, 6.07) is 0. The molecule has 1 atom stereocenters. The Kier molecular flexibility index (Phi) is 67.6. The minimum Gasteiger partial charge on any atom is -0.462 e. The number of allylic oxidation sites excluding steroid dienone is 12. The average Bonchev–Trinajstić information content (AvgIpc) is 3.47. The molecule has 0 bridgehead atoms. The van der Waals surface area contributed by atoms with Crippen LogP contribution in [0.1, 0.15) is 374 Å². The highest BCUT2D eigenvalue weighted by Crippen LogP contribution is 2.18. The second-order valence-corrected chi connectivity index (χ2v) is 24.1. The van der Waals surface area contributed by atoms with E-state index in [1.54, 1.807) is 0 Å². The van der Waals surface area contributed by atoms with Crippen LogP contribution in [-0.2, 0) is 28.6 Å². The molecule has 0 aliphatic carbocycles. The van der Waals surface area contributed by atoms with Crippen LogP contribution in [0.4, 0.5) is 0 Å². The van der Waals surface area contributed by atoms with E-state index in [1.807, 2.05) is 0 Å². The largest absolute Gasteiger partial charge is 0.462 e. The Morgan fingerprint density at radius 3 is 0.768 bits per heavy atom. The fourth-order valence-electron chi connectivity index (χ4n) is 10.6. The van der Waals surface area contributed by atoms with E-state index in [2.05, 4.69) is 93.7 Å². The molecule has 0 amide bonds. The minimum absolute atomic E-state index is 0.0792. The molecule has 0 aromatic rings. The molecular weight excluding hydrogens is 1010 g/mol. The monoisotopic (exact) mass is 1150 g/mol. The number of rotatable bonds is 66. The first kappa shape index (κ1) is 78.8. The van der Waals surface area contributed by atoms with Crippen molar-refractivity contribution in [1.29, 1.82) is 0 Å². The van der Waals surface area contributed by atoms with Crippen LogP contribution < -0.4 is 0 Å². The molecule has 0 saturated heterocycles. The van der Waals surface area contributed by atoms with Gasteiger partial charge in [0.25, 0.3) is 0 Å². The van der Waals surface area contributed by atoms with Gasteiger partial charge < -0.3 is 14.2 Å². The van der Waals surface area contributed by atoms with Gasteiger partial charge >= 0.3 is 17.9 Å². The maximum atomic E-state index is 13.0. The third-order valence-electron chi connectivity index (χ3n) is 15.9. The topological polar surface area (TPSA) is 78.9 Å². The van der Waals surface area contributed by atoms with E-state index in [4.69, 9.17) is 14.2 Å². The Morgan fingerprint density at radius 2 is 0.476 bits per heavy atom. The summed E-state index contributed by atoms with van der Waals surface area (Å²) >= 11 is 0. The highest BCUT2D eigenvalue weighted by atomic mass is 16.6. The second-order valence-electron chi connectivity index (χ2n) is 24.1. The van der Waals surface area contributed by atoms with Gasteiger partial charge in [-0.05, 0) is 89.9 Å². The maximum Gasteiger partial charge on any atom is 0.306 e. The van der Waals surface area contributed by atoms with Gasteiger partial charge in [-0.2, -0.15) is 0 Å². The summed E-state index contributed by atoms with van der Waals surface area (Å²) in [6.45, 7) is 6.55. The van der Waals surface area contributed by atoms with Gasteiger partial charge in [-0.25, -0.2) is 0 Å². The summed E-state index contributed by atoms with van der Waals surface area (Å²) in [4.78, 5) is 38.4. The molecular formula is C76H136O6. The predicted molar refractivity (Wildman–Crippen MR) is 358 cm³/mol. The summed E-state index contributed by atoms with van der Waals surface area (Å²) in [5, 5.41) is 0. The second kappa shape index (κ2) is 70.3. The number of carbonyl (C=O) groups is 3. The fraction of sp³-hybridized carbons (Fsp3) is 0.803. The standard InChI is InChI=1S/C76H136O6/c1-4-7-10-13-16-19-22-25-27-29-31-33-35-36-37-38-39-41-42-44-46-48-51-54-57-60-63-66-69-75(78)81-72-73(71-80-74(77)68-65-62-59-56-53-50-24-21-18-15-12-9-6-3)82-76(79)70-67-64-61-58-55-52-49-47-45-43-40-34-32-30-28-26-23-20-17-14-11-8-5-2/h8,11,17,20-21,24,26,28,32,34,43,45,73H,4-7,9-10,12-16,18-19,22-23,25,27,29-31,33,35-42,44,46-72H2,1-3H3/b11-8-,20-17-,24-21-,28-26-,34-32-,45-43-. The van der Waals surface area contributed by atoms with Crippen molar-refractivity contribution in [3.8, 4) is 0 Å². The van der Waals surface area contributed by atoms with Gasteiger partial charge in [0.05, 0.1) is 0 Å². The molecule has 0 fully saturated rings. The van der Waals surface area contributed by atoms with Crippen molar-refractivity contribution in [2.45, 2.75) is 380 Å². The van der Waals surface area contributed by atoms with Gasteiger partial charge in [-0.1, -0.05) is 338 Å². The molecule has 0 aromatic carbocycles. The number of hydrogen-bond donors (Lipinski definition) is 0. The van der Waals surface area contributed by atoms with E-state index in [9.17, 15) is 14.4 Å². The first-order valence-electron chi connectivity index (χ1n) is 35.9. The average molecular weight is 1150 g/mol. The summed E-state index contributed by atoms with van der Waals surface area (Å²) < 4.78 is 17.0. The molecule has 0 rings (SSSR count). The first-order valence-corrected chi connectivity index (χ1v) is 35.9. The number of unbranched alkanes of at least 4 members (excludes halogenated alkanes) is 43. The van der Waals surface area contributed by atoms with Crippen LogP contribution in [0.2, 0.25) is 0 Å². The zero-order valence-electron chi connectivity index (χ0n) is 54.8. The highest BCUT2D eigenvalue weighted by molar-refractivity contribution is 5.71. The van der Waals surface area contributed by atoms with Crippen LogP contribution in [0.15, 0.2) is 72.9 Å². The predicted octanol–water partition coefficient (Wildman–Crippen LogP) is 24.8. The lowest BCUT2D eigenvalue weighted by Crippen LogP contribution is -2.30. The van der Waals surface area contributed by atoms with Gasteiger partial charge in [-0.15, -0.1) is 0 Å². The lowest BCUT2D eigenvalue weighted by Gasteiger charge is -2.18. The van der Waals surface area contributed by atoms with Crippen molar-refractivity contribution in [1.82, 2.24) is 0 Å². The zero-order chi connectivity index (χ0) is 59.2. The van der Waals surface area contributed by atoms with Crippen molar-refractivity contribution >= 4 is 17.9 Å². The minimum atomic E-state index is -0.785. The van der Waals surface area contributed by atoms with Crippen LogP contribution >= 0.6 is 0 Å². The van der Waals surface area contributed by atoms with Crippen molar-refractivity contribution < 1.29 is 28.6 Å². The fourth-order valence-corrected chi connectivity index (χ4v) is 10.6. The maximum absolute atomic E-state index is 13.0. The van der Waals surface area contributed by atoms with Crippen LogP contribution in [0.5, 0.6) is 0 Å². The molecule has 0 aliphatic rings. The third kappa shape index (κ3) is 67.6. The van der Waals surface area contributed by atoms with Crippen molar-refractivity contribution in [3.63, 3.8) is 0 Å². The Hall–Kier alpha value is -3.15. The van der Waals surface area contributed by atoms with E-state index in [0.717, 1.165) is 103 Å². The Labute approximate surface area is 510 Å². The third-order valence-corrected chi connectivity index (χ3v) is 15.9. The van der Waals surface area contributed by atoms with E-state index in [1.165, 1.54) is 231 Å². The SMILES string of the molecule is CC/C=C\C/C=C\C/C=C\C/C=C\C/C=C\CCCCCCCCCC(=O)OC(COC(=O)CCCCCCC/C=C\CCCCCC)COC(=O)CCCCCCCCCCCCCCCCCCCCCCCCCCCCCC. The molecule has 0 aliphatic heterocycles. The van der Waals surface area contributed by atoms with E-state index < -0.39 is 6.10 Å². The molecule has 0 heterocycles. The van der Waals surface area contributed by atoms with Gasteiger partial charge in [-0.3, -0.25) is 14.4 Å². The van der Waals surface area contributed by atoms with E-state index in [0.29, 0.717) is 19.3 Å². The Bertz CT molecular complexity index is 1500. The van der Waals surface area contributed by atoms with Gasteiger partial charge in [0.15, 0.2) is 6.10 Å². The highest BCUT2D eigenvalue weighted by Gasteiger charge is 2.19. The molecule has 82 heavy (non-hydrogen) atoms. The summed E-state index contributed by atoms with van der Waals surface area (Å²) in [6.07, 6.45) is 92.3. The van der Waals surface area contributed by atoms with Gasteiger partial charge in [0.1, 0.15) is 13.2 Å². The van der Waals surface area contributed by atoms with Crippen molar-refractivity contribution in [2.24, 2.45) is 0 Å². The van der Waals surface area contributed by atoms with Crippen molar-refractivity contribution in [3.05, 3.63) is 72.9 Å². The smallest absolute Gasteiger partial charge is 0.306 e. The number of carbonyl (C=O) groups excluding carboxylic acids is 3. The normalized spacial score (nSPS) is 12.5. The summed E-state index contributed by atoms with van der Waals surface area (Å²) in [7, 11) is 0. The molecule has 0 radical (unpaired) electrons. The molecule has 0 spiro atoms. The van der Waals surface area contributed by atoms with Gasteiger partial charge in [0.2, 0.25) is 0 Å². The van der Waals surface area contributed by atoms with Crippen LogP contribution in [0.25, 0.3) is 0 Å². The lowest BCUT2D eigenvalue weighted by molar-refractivity contribution is -0.167. The molecule has 0 aromatic heterocycles. The molecule has 1 unspecified atom stereocenters. The van der Waals surface area contributed by atoms with Crippen LogP contribution in [0, 0.1) is 0 Å². The lowest BCUT2D eigenvalue weighted by atomic mass is 10.0. The first-order chi connectivity index (χ1) is 40.5. The molecule has 0 N–H and O–H groups in total. The Balaban J connectivity index is 4.25. The molecule has 476 valence electrons. The number of hydrogen-bond acceptors (Lipinski definition) is 6. The van der Waals surface area contributed by atoms with Crippen molar-refractivity contribution in [2.75, 3.05) is 13.2 Å². The molecule has 6 nitrogen and oxygen atoms in total. The quantitative estimate of drug-likeness (QED) is 0.0261. The van der Waals surface area contributed by atoms with Gasteiger partial charge in [0, 0.05) is 19.3 Å². The van der Waals surface area contributed by atoms with E-state index >= 15 is 0 Å². The number of ether oxygens (including phenoxy) is 3. The van der Waals surface area contributed by atoms with Crippen LogP contribution in [-0.4, -0.2) is 37.2 Å². The van der Waals surface area contributed by atoms with Crippen LogP contribution in [0.3, 0.4) is 0 Å².